The predicted molar refractivity (Wildman–Crippen MR) is 112 cm³/mol. The van der Waals surface area contributed by atoms with Gasteiger partial charge in [-0.25, -0.2) is 0 Å². The van der Waals surface area contributed by atoms with Crippen molar-refractivity contribution in [1.29, 1.82) is 0 Å². The Bertz CT molecular complexity index is 814. The van der Waals surface area contributed by atoms with E-state index in [1.54, 1.807) is 24.5 Å². The van der Waals surface area contributed by atoms with E-state index in [1.165, 1.54) is 36.7 Å². The Hall–Kier alpha value is -2.44. The van der Waals surface area contributed by atoms with Crippen LogP contribution in [0.2, 0.25) is 0 Å². The molecule has 3 rings (SSSR count). The third-order valence-corrected chi connectivity index (χ3v) is 5.54. The first-order chi connectivity index (χ1) is 14.3. The average Bonchev–Trinajstić information content (AvgIpc) is 3.38. The molecule has 0 spiro atoms. The van der Waals surface area contributed by atoms with Crippen LogP contribution in [-0.2, 0) is 9.53 Å². The molecule has 0 amide bonds. The molecule has 7 heteroatoms. The van der Waals surface area contributed by atoms with Gasteiger partial charge in [0.1, 0.15) is 5.60 Å². The molecule has 30 heavy (non-hydrogen) atoms. The molecule has 0 aromatic carbocycles. The van der Waals surface area contributed by atoms with Crippen LogP contribution in [0.3, 0.4) is 0 Å². The maximum atomic E-state index is 12.5. The van der Waals surface area contributed by atoms with Gasteiger partial charge in [0.15, 0.2) is 0 Å². The van der Waals surface area contributed by atoms with E-state index in [4.69, 9.17) is 9.26 Å². The van der Waals surface area contributed by atoms with Crippen LogP contribution < -0.4 is 0 Å². The molecular weight excluding hydrogens is 382 g/mol. The lowest BCUT2D eigenvalue weighted by Crippen LogP contribution is -2.25. The standard InChI is InChI=1S/C23H33N3O4/c1-23(2,3)29-19(27)16-18(13-9-12-17-10-5-4-6-11-17)21-24-20(25-30-21)22(28)26-14-7-8-15-26/h7-8,14-15,17-18H,4-6,9-13,16H2,1-3H3. The number of hydrogen-bond acceptors (Lipinski definition) is 6. The fourth-order valence-electron chi connectivity index (χ4n) is 4.10. The molecule has 1 atom stereocenters. The van der Waals surface area contributed by atoms with Gasteiger partial charge in [0.25, 0.3) is 5.82 Å². The number of hydrogen-bond donors (Lipinski definition) is 0. The first-order valence-corrected chi connectivity index (χ1v) is 11.0. The van der Waals surface area contributed by atoms with Crippen molar-refractivity contribution in [3.63, 3.8) is 0 Å². The molecule has 1 fully saturated rings. The highest BCUT2D eigenvalue weighted by molar-refractivity contribution is 5.92. The minimum atomic E-state index is -0.547. The molecule has 0 radical (unpaired) electrons. The van der Waals surface area contributed by atoms with Crippen LogP contribution in [0.1, 0.15) is 101 Å². The summed E-state index contributed by atoms with van der Waals surface area (Å²) in [5, 5.41) is 3.86. The Morgan fingerprint density at radius 3 is 2.57 bits per heavy atom. The number of ether oxygens (including phenoxy) is 1. The van der Waals surface area contributed by atoms with Gasteiger partial charge in [-0.1, -0.05) is 50.1 Å². The van der Waals surface area contributed by atoms with Gasteiger partial charge in [0, 0.05) is 18.3 Å². The van der Waals surface area contributed by atoms with E-state index in [2.05, 4.69) is 10.1 Å². The summed E-state index contributed by atoms with van der Waals surface area (Å²) in [6.07, 6.45) is 12.9. The van der Waals surface area contributed by atoms with Gasteiger partial charge >= 0.3 is 11.9 Å². The van der Waals surface area contributed by atoms with Crippen LogP contribution in [0, 0.1) is 5.92 Å². The second-order valence-corrected chi connectivity index (χ2v) is 9.27. The highest BCUT2D eigenvalue weighted by Gasteiger charge is 2.27. The van der Waals surface area contributed by atoms with E-state index < -0.39 is 5.60 Å². The quantitative estimate of drug-likeness (QED) is 0.556. The molecule has 0 saturated heterocycles. The minimum absolute atomic E-state index is 0.00247. The molecule has 0 aliphatic heterocycles. The molecule has 0 bridgehead atoms. The summed E-state index contributed by atoms with van der Waals surface area (Å²) in [5.74, 6) is 0.217. The van der Waals surface area contributed by atoms with Gasteiger partial charge in [-0.3, -0.25) is 14.2 Å². The van der Waals surface area contributed by atoms with Crippen LogP contribution >= 0.6 is 0 Å². The van der Waals surface area contributed by atoms with Crippen molar-refractivity contribution >= 4 is 11.9 Å². The Morgan fingerprint density at radius 2 is 1.90 bits per heavy atom. The van der Waals surface area contributed by atoms with Crippen molar-refractivity contribution in [2.24, 2.45) is 5.92 Å². The molecular formula is C23H33N3O4. The molecule has 2 aromatic rings. The van der Waals surface area contributed by atoms with Gasteiger partial charge in [0.2, 0.25) is 5.89 Å². The number of aromatic nitrogens is 3. The number of esters is 1. The fraction of sp³-hybridized carbons (Fsp3) is 0.652. The van der Waals surface area contributed by atoms with E-state index >= 15 is 0 Å². The first-order valence-electron chi connectivity index (χ1n) is 11.0. The Kier molecular flexibility index (Phi) is 7.45. The lowest BCUT2D eigenvalue weighted by molar-refractivity contribution is -0.155. The second-order valence-electron chi connectivity index (χ2n) is 9.27. The molecule has 1 aliphatic carbocycles. The normalized spacial score (nSPS) is 16.4. The van der Waals surface area contributed by atoms with Gasteiger partial charge in [-0.2, -0.15) is 4.98 Å². The monoisotopic (exact) mass is 415 g/mol. The first kappa shape index (κ1) is 22.2. The maximum Gasteiger partial charge on any atom is 0.307 e. The Balaban J connectivity index is 1.66. The lowest BCUT2D eigenvalue weighted by atomic mass is 9.84. The molecule has 2 aromatic heterocycles. The summed E-state index contributed by atoms with van der Waals surface area (Å²) in [6.45, 7) is 5.55. The van der Waals surface area contributed by atoms with Gasteiger partial charge in [0.05, 0.1) is 6.42 Å². The van der Waals surface area contributed by atoms with Crippen LogP contribution in [0.5, 0.6) is 0 Å². The van der Waals surface area contributed by atoms with Crippen molar-refractivity contribution in [3.8, 4) is 0 Å². The SMILES string of the molecule is CC(C)(C)OC(=O)CC(CCCC1CCCCC1)c1nc(C(=O)n2cccc2)no1. The van der Waals surface area contributed by atoms with Gasteiger partial charge in [-0.15, -0.1) is 0 Å². The predicted octanol–water partition coefficient (Wildman–Crippen LogP) is 5.13. The van der Waals surface area contributed by atoms with Gasteiger partial charge in [-0.05, 0) is 45.2 Å². The Morgan fingerprint density at radius 1 is 1.20 bits per heavy atom. The van der Waals surface area contributed by atoms with Crippen molar-refractivity contribution in [3.05, 3.63) is 36.2 Å². The molecule has 1 unspecified atom stereocenters. The topological polar surface area (TPSA) is 87.2 Å². The molecule has 164 valence electrons. The number of carbonyl (C=O) groups excluding carboxylic acids is 2. The largest absolute Gasteiger partial charge is 0.460 e. The molecule has 1 aliphatic rings. The third-order valence-electron chi connectivity index (χ3n) is 5.54. The lowest BCUT2D eigenvalue weighted by Gasteiger charge is -2.23. The number of nitrogens with zero attached hydrogens (tertiary/aromatic N) is 3. The molecule has 7 nitrogen and oxygen atoms in total. The van der Waals surface area contributed by atoms with E-state index in [9.17, 15) is 9.59 Å². The van der Waals surface area contributed by atoms with Crippen molar-refractivity contribution in [1.82, 2.24) is 14.7 Å². The summed E-state index contributed by atoms with van der Waals surface area (Å²) in [5.41, 5.74) is -0.547. The van der Waals surface area contributed by atoms with Crippen LogP contribution in [0.25, 0.3) is 0 Å². The zero-order valence-electron chi connectivity index (χ0n) is 18.3. The summed E-state index contributed by atoms with van der Waals surface area (Å²) >= 11 is 0. The highest BCUT2D eigenvalue weighted by Crippen LogP contribution is 2.31. The van der Waals surface area contributed by atoms with Crippen molar-refractivity contribution in [2.75, 3.05) is 0 Å². The summed E-state index contributed by atoms with van der Waals surface area (Å²) in [7, 11) is 0. The summed E-state index contributed by atoms with van der Waals surface area (Å²) in [4.78, 5) is 29.2. The zero-order valence-corrected chi connectivity index (χ0v) is 18.3. The molecule has 2 heterocycles. The fourth-order valence-corrected chi connectivity index (χ4v) is 4.10. The number of rotatable bonds is 8. The number of carbonyl (C=O) groups is 2. The minimum Gasteiger partial charge on any atom is -0.460 e. The molecule has 1 saturated carbocycles. The average molecular weight is 416 g/mol. The van der Waals surface area contributed by atoms with E-state index in [-0.39, 0.29) is 30.0 Å². The second kappa shape index (κ2) is 10.0. The Labute approximate surface area is 178 Å². The van der Waals surface area contributed by atoms with Crippen LogP contribution in [0.15, 0.2) is 29.0 Å². The summed E-state index contributed by atoms with van der Waals surface area (Å²) in [6, 6.07) is 3.52. The highest BCUT2D eigenvalue weighted by atomic mass is 16.6. The summed E-state index contributed by atoms with van der Waals surface area (Å²) < 4.78 is 12.3. The van der Waals surface area contributed by atoms with E-state index in [1.807, 2.05) is 20.8 Å². The van der Waals surface area contributed by atoms with E-state index in [0.29, 0.717) is 5.89 Å². The smallest absolute Gasteiger partial charge is 0.307 e. The maximum absolute atomic E-state index is 12.5. The van der Waals surface area contributed by atoms with Crippen LogP contribution in [0.4, 0.5) is 0 Å². The van der Waals surface area contributed by atoms with Crippen molar-refractivity contribution < 1.29 is 18.8 Å². The zero-order chi connectivity index (χ0) is 21.6. The van der Waals surface area contributed by atoms with Crippen molar-refractivity contribution in [2.45, 2.75) is 90.1 Å². The third kappa shape index (κ3) is 6.54. The van der Waals surface area contributed by atoms with E-state index in [0.717, 1.165) is 25.2 Å². The van der Waals surface area contributed by atoms with Crippen LogP contribution in [-0.4, -0.2) is 32.2 Å². The van der Waals surface area contributed by atoms with Gasteiger partial charge < -0.3 is 9.26 Å². The molecule has 0 N–H and O–H groups in total.